The van der Waals surface area contributed by atoms with Gasteiger partial charge in [0.25, 0.3) is 0 Å². The van der Waals surface area contributed by atoms with E-state index in [0.29, 0.717) is 5.75 Å². The van der Waals surface area contributed by atoms with Crippen LogP contribution in [0.2, 0.25) is 0 Å². The number of rotatable bonds is 6. The molecule has 2 unspecified atom stereocenters. The zero-order valence-electron chi connectivity index (χ0n) is 11.8. The van der Waals surface area contributed by atoms with Gasteiger partial charge >= 0.3 is 6.18 Å². The lowest BCUT2D eigenvalue weighted by atomic mass is 10.0. The molecule has 0 radical (unpaired) electrons. The van der Waals surface area contributed by atoms with Crippen molar-refractivity contribution in [3.8, 4) is 5.75 Å². The van der Waals surface area contributed by atoms with Crippen LogP contribution in [-0.4, -0.2) is 30.5 Å². The summed E-state index contributed by atoms with van der Waals surface area (Å²) in [5.74, 6) is 0.363. The zero-order valence-corrected chi connectivity index (χ0v) is 11.8. The summed E-state index contributed by atoms with van der Waals surface area (Å²) in [4.78, 5) is 0. The predicted octanol–water partition coefficient (Wildman–Crippen LogP) is 2.97. The van der Waals surface area contributed by atoms with Crippen LogP contribution in [0.15, 0.2) is 18.2 Å². The van der Waals surface area contributed by atoms with E-state index in [-0.39, 0.29) is 6.04 Å². The van der Waals surface area contributed by atoms with Gasteiger partial charge in [-0.3, -0.25) is 0 Å². The Balaban J connectivity index is 2.85. The number of aliphatic hydroxyl groups is 1. The first-order valence-corrected chi connectivity index (χ1v) is 6.47. The summed E-state index contributed by atoms with van der Waals surface area (Å²) in [5.41, 5.74) is 1.65. The second-order valence-corrected chi connectivity index (χ2v) is 4.69. The Bertz CT molecular complexity index is 435. The molecule has 0 aliphatic heterocycles. The summed E-state index contributed by atoms with van der Waals surface area (Å²) in [5, 5.41) is 12.2. The van der Waals surface area contributed by atoms with Crippen LogP contribution >= 0.6 is 0 Å². The molecule has 0 heterocycles. The minimum atomic E-state index is -4.67. The third kappa shape index (κ3) is 4.68. The lowest BCUT2D eigenvalue weighted by Gasteiger charge is -2.20. The molecule has 0 bridgehead atoms. The second-order valence-electron chi connectivity index (χ2n) is 4.69. The molecule has 0 saturated heterocycles. The van der Waals surface area contributed by atoms with Gasteiger partial charge in [0.1, 0.15) is 12.4 Å². The summed E-state index contributed by atoms with van der Waals surface area (Å²) < 4.78 is 42.0. The van der Waals surface area contributed by atoms with Crippen LogP contribution in [0.4, 0.5) is 13.2 Å². The van der Waals surface area contributed by atoms with Crippen molar-refractivity contribution in [3.05, 3.63) is 29.3 Å². The standard InChI is InChI=1S/C14H20F3NO2/c1-4-18-10(3)11-6-5-9(2)7-12(11)20-8-13(19)14(15,16)17/h5-7,10,13,18-19H,4,8H2,1-3H3. The van der Waals surface area contributed by atoms with Gasteiger partial charge in [0.15, 0.2) is 6.10 Å². The maximum Gasteiger partial charge on any atom is 0.417 e. The first kappa shape index (κ1) is 16.8. The van der Waals surface area contributed by atoms with Crippen LogP contribution in [0.1, 0.15) is 31.0 Å². The van der Waals surface area contributed by atoms with Gasteiger partial charge in [0.2, 0.25) is 0 Å². The van der Waals surface area contributed by atoms with E-state index in [4.69, 9.17) is 9.84 Å². The molecule has 1 aromatic rings. The highest BCUT2D eigenvalue weighted by Gasteiger charge is 2.38. The number of hydrogen-bond acceptors (Lipinski definition) is 3. The molecular weight excluding hydrogens is 271 g/mol. The van der Waals surface area contributed by atoms with Crippen molar-refractivity contribution in [1.82, 2.24) is 5.32 Å². The zero-order chi connectivity index (χ0) is 15.3. The van der Waals surface area contributed by atoms with Crippen LogP contribution in [0.25, 0.3) is 0 Å². The van der Waals surface area contributed by atoms with Crippen LogP contribution in [-0.2, 0) is 0 Å². The molecule has 2 N–H and O–H groups in total. The Hall–Kier alpha value is -1.27. The quantitative estimate of drug-likeness (QED) is 0.846. The van der Waals surface area contributed by atoms with Crippen molar-refractivity contribution < 1.29 is 23.0 Å². The minimum Gasteiger partial charge on any atom is -0.490 e. The average Bonchev–Trinajstić information content (AvgIpc) is 2.35. The number of ether oxygens (including phenoxy) is 1. The SMILES string of the molecule is CCNC(C)c1ccc(C)cc1OCC(O)C(F)(F)F. The highest BCUT2D eigenvalue weighted by molar-refractivity contribution is 5.39. The molecule has 2 atom stereocenters. The van der Waals surface area contributed by atoms with Crippen LogP contribution in [0.3, 0.4) is 0 Å². The maximum atomic E-state index is 12.3. The van der Waals surface area contributed by atoms with E-state index in [9.17, 15) is 13.2 Å². The average molecular weight is 291 g/mol. The number of benzene rings is 1. The number of halogens is 3. The Kier molecular flexibility index (Phi) is 5.83. The van der Waals surface area contributed by atoms with Crippen molar-refractivity contribution >= 4 is 0 Å². The predicted molar refractivity (Wildman–Crippen MR) is 70.8 cm³/mol. The molecule has 114 valence electrons. The van der Waals surface area contributed by atoms with Crippen molar-refractivity contribution in [2.45, 2.75) is 39.1 Å². The first-order chi connectivity index (χ1) is 9.25. The summed E-state index contributed by atoms with van der Waals surface area (Å²) in [6.07, 6.45) is -7.15. The van der Waals surface area contributed by atoms with Crippen molar-refractivity contribution in [1.29, 1.82) is 0 Å². The van der Waals surface area contributed by atoms with Crippen molar-refractivity contribution in [2.24, 2.45) is 0 Å². The van der Waals surface area contributed by atoms with Gasteiger partial charge in [-0.2, -0.15) is 13.2 Å². The topological polar surface area (TPSA) is 41.5 Å². The van der Waals surface area contributed by atoms with Crippen LogP contribution < -0.4 is 10.1 Å². The fourth-order valence-corrected chi connectivity index (χ4v) is 1.80. The molecule has 0 spiro atoms. The van der Waals surface area contributed by atoms with Gasteiger partial charge in [-0.1, -0.05) is 19.1 Å². The molecule has 6 heteroatoms. The van der Waals surface area contributed by atoms with Gasteiger partial charge in [-0.05, 0) is 32.0 Å². The van der Waals surface area contributed by atoms with E-state index in [0.717, 1.165) is 17.7 Å². The lowest BCUT2D eigenvalue weighted by Crippen LogP contribution is -2.34. The first-order valence-electron chi connectivity index (χ1n) is 6.47. The molecule has 1 rings (SSSR count). The molecule has 20 heavy (non-hydrogen) atoms. The Morgan fingerprint density at radius 2 is 2.00 bits per heavy atom. The Labute approximate surface area is 116 Å². The second kappa shape index (κ2) is 6.95. The summed E-state index contributed by atoms with van der Waals surface area (Å²) in [6, 6.07) is 5.32. The molecule has 3 nitrogen and oxygen atoms in total. The number of hydrogen-bond donors (Lipinski definition) is 2. The van der Waals surface area contributed by atoms with Gasteiger partial charge < -0.3 is 15.2 Å². The van der Waals surface area contributed by atoms with E-state index >= 15 is 0 Å². The lowest BCUT2D eigenvalue weighted by molar-refractivity contribution is -0.210. The highest BCUT2D eigenvalue weighted by Crippen LogP contribution is 2.28. The third-order valence-electron chi connectivity index (χ3n) is 2.92. The maximum absolute atomic E-state index is 12.3. The third-order valence-corrected chi connectivity index (χ3v) is 2.92. The largest absolute Gasteiger partial charge is 0.490 e. The fraction of sp³-hybridized carbons (Fsp3) is 0.571. The molecule has 0 amide bonds. The minimum absolute atomic E-state index is 0.0429. The van der Waals surface area contributed by atoms with E-state index in [1.165, 1.54) is 0 Å². The fourth-order valence-electron chi connectivity index (χ4n) is 1.80. The molecule has 0 aromatic heterocycles. The molecule has 0 fully saturated rings. The number of aliphatic hydroxyl groups excluding tert-OH is 1. The number of aryl methyl sites for hydroxylation is 1. The monoisotopic (exact) mass is 291 g/mol. The van der Waals surface area contributed by atoms with Gasteiger partial charge in [0.05, 0.1) is 0 Å². The highest BCUT2D eigenvalue weighted by atomic mass is 19.4. The van der Waals surface area contributed by atoms with Gasteiger partial charge in [0, 0.05) is 11.6 Å². The van der Waals surface area contributed by atoms with Crippen LogP contribution in [0.5, 0.6) is 5.75 Å². The van der Waals surface area contributed by atoms with Gasteiger partial charge in [-0.15, -0.1) is 0 Å². The smallest absolute Gasteiger partial charge is 0.417 e. The molecule has 0 saturated carbocycles. The number of nitrogens with one attached hydrogen (secondary N) is 1. The number of alkyl halides is 3. The summed E-state index contributed by atoms with van der Waals surface area (Å²) >= 11 is 0. The molecule has 0 aliphatic rings. The molecule has 0 aliphatic carbocycles. The van der Waals surface area contributed by atoms with Gasteiger partial charge in [-0.25, -0.2) is 0 Å². The van der Waals surface area contributed by atoms with E-state index in [1.807, 2.05) is 32.9 Å². The van der Waals surface area contributed by atoms with E-state index in [2.05, 4.69) is 5.32 Å². The van der Waals surface area contributed by atoms with Crippen molar-refractivity contribution in [3.63, 3.8) is 0 Å². The van der Waals surface area contributed by atoms with E-state index in [1.54, 1.807) is 6.07 Å². The summed E-state index contributed by atoms with van der Waals surface area (Å²) in [6.45, 7) is 5.60. The Morgan fingerprint density at radius 1 is 1.35 bits per heavy atom. The van der Waals surface area contributed by atoms with Crippen molar-refractivity contribution in [2.75, 3.05) is 13.2 Å². The van der Waals surface area contributed by atoms with E-state index < -0.39 is 18.9 Å². The van der Waals surface area contributed by atoms with Crippen LogP contribution in [0, 0.1) is 6.92 Å². The molecule has 1 aromatic carbocycles. The normalized spacial score (nSPS) is 14.9. The summed E-state index contributed by atoms with van der Waals surface area (Å²) in [7, 11) is 0. The Morgan fingerprint density at radius 3 is 2.55 bits per heavy atom. The molecular formula is C14H20F3NO2.